The van der Waals surface area contributed by atoms with Crippen LogP contribution in [0.5, 0.6) is 23.0 Å². The van der Waals surface area contributed by atoms with Gasteiger partial charge in [0.1, 0.15) is 24.4 Å². The highest BCUT2D eigenvalue weighted by molar-refractivity contribution is 5.46. The molecule has 3 saturated heterocycles. The average Bonchev–Trinajstić information content (AvgIpc) is 3.65. The van der Waals surface area contributed by atoms with Crippen molar-refractivity contribution in [2.45, 2.75) is 42.9 Å². The topological polar surface area (TPSA) is 146 Å². The van der Waals surface area contributed by atoms with E-state index in [2.05, 4.69) is 0 Å². The molecule has 4 aliphatic rings. The van der Waals surface area contributed by atoms with E-state index >= 15 is 0 Å². The van der Waals surface area contributed by atoms with E-state index in [4.69, 9.17) is 33.2 Å². The van der Waals surface area contributed by atoms with Crippen LogP contribution in [0.2, 0.25) is 0 Å². The van der Waals surface area contributed by atoms with E-state index < -0.39 is 37.3 Å². The Morgan fingerprint density at radius 1 is 0.811 bits per heavy atom. The van der Waals surface area contributed by atoms with Gasteiger partial charge in [-0.3, -0.25) is 0 Å². The summed E-state index contributed by atoms with van der Waals surface area (Å²) in [4.78, 5) is 0. The molecule has 11 nitrogen and oxygen atoms in total. The van der Waals surface area contributed by atoms with Gasteiger partial charge in [-0.15, -0.1) is 0 Å². The first-order valence-corrected chi connectivity index (χ1v) is 12.3. The van der Waals surface area contributed by atoms with Gasteiger partial charge >= 0.3 is 0 Å². The maximum absolute atomic E-state index is 10.3. The van der Waals surface area contributed by atoms with Crippen LogP contribution in [0.4, 0.5) is 0 Å². The van der Waals surface area contributed by atoms with Crippen molar-refractivity contribution >= 4 is 0 Å². The largest absolute Gasteiger partial charge is 0.493 e. The summed E-state index contributed by atoms with van der Waals surface area (Å²) in [6, 6.07) is 11.2. The highest BCUT2D eigenvalue weighted by Gasteiger charge is 2.49. The van der Waals surface area contributed by atoms with Crippen molar-refractivity contribution < 1.29 is 53.6 Å². The highest BCUT2D eigenvalue weighted by atomic mass is 16.7. The van der Waals surface area contributed by atoms with Crippen LogP contribution >= 0.6 is 0 Å². The Bertz CT molecular complexity index is 1120. The number of benzene rings is 2. The number of ether oxygens (including phenoxy) is 7. The van der Waals surface area contributed by atoms with Gasteiger partial charge in [0.2, 0.25) is 13.1 Å². The molecule has 6 rings (SSSR count). The zero-order chi connectivity index (χ0) is 25.7. The van der Waals surface area contributed by atoms with Gasteiger partial charge < -0.3 is 53.6 Å². The van der Waals surface area contributed by atoms with Crippen LogP contribution in [0.15, 0.2) is 36.4 Å². The standard InChI is InChI=1S/C26H30O11/c1-31-18-6-12(3-5-17(18)36-26-23(30)22(29)21(28)20(8-27)37-26)24-14-9-33-25(15(14)10-32-24)13-2-4-16-19(7-13)35-11-34-16/h2-7,14-15,20-30H,8-11H2,1H3/t14-,15-,20+,21+,22-,23+,24+,25+,26+/m0/s1. The lowest BCUT2D eigenvalue weighted by Gasteiger charge is -2.39. The summed E-state index contributed by atoms with van der Waals surface area (Å²) in [7, 11) is 1.49. The lowest BCUT2D eigenvalue weighted by atomic mass is 9.85. The minimum Gasteiger partial charge on any atom is -0.493 e. The Labute approximate surface area is 213 Å². The molecule has 0 unspecified atom stereocenters. The predicted octanol–water partition coefficient (Wildman–Crippen LogP) is 0.678. The van der Waals surface area contributed by atoms with Crippen molar-refractivity contribution in [3.8, 4) is 23.0 Å². The fourth-order valence-electron chi connectivity index (χ4n) is 5.57. The van der Waals surface area contributed by atoms with Crippen LogP contribution in [-0.2, 0) is 14.2 Å². The molecular formula is C26H30O11. The molecule has 4 heterocycles. The summed E-state index contributed by atoms with van der Waals surface area (Å²) in [5, 5.41) is 39.8. The van der Waals surface area contributed by atoms with Gasteiger partial charge in [0.05, 0.1) is 39.1 Å². The van der Waals surface area contributed by atoms with Gasteiger partial charge in [-0.25, -0.2) is 0 Å². The number of aliphatic hydroxyl groups is 4. The summed E-state index contributed by atoms with van der Waals surface area (Å²) >= 11 is 0. The second-order valence-electron chi connectivity index (χ2n) is 9.67. The zero-order valence-corrected chi connectivity index (χ0v) is 20.1. The van der Waals surface area contributed by atoms with Gasteiger partial charge in [-0.1, -0.05) is 12.1 Å². The van der Waals surface area contributed by atoms with Gasteiger partial charge in [-0.05, 0) is 35.4 Å². The summed E-state index contributed by atoms with van der Waals surface area (Å²) in [6.45, 7) is 0.761. The average molecular weight is 519 g/mol. The third kappa shape index (κ3) is 4.30. The lowest BCUT2D eigenvalue weighted by molar-refractivity contribution is -0.277. The first-order chi connectivity index (χ1) is 18.0. The minimum absolute atomic E-state index is 0.111. The summed E-state index contributed by atoms with van der Waals surface area (Å²) in [6.07, 6.45) is -7.23. The second-order valence-corrected chi connectivity index (χ2v) is 9.67. The van der Waals surface area contributed by atoms with Crippen molar-refractivity contribution in [1.82, 2.24) is 0 Å². The molecule has 0 saturated carbocycles. The molecule has 3 fully saturated rings. The number of aliphatic hydroxyl groups excluding tert-OH is 4. The Morgan fingerprint density at radius 3 is 2.19 bits per heavy atom. The minimum atomic E-state index is -1.54. The van der Waals surface area contributed by atoms with Gasteiger partial charge in [0, 0.05) is 11.8 Å². The number of methoxy groups -OCH3 is 1. The van der Waals surface area contributed by atoms with Crippen molar-refractivity contribution in [3.63, 3.8) is 0 Å². The molecule has 9 atom stereocenters. The molecule has 0 bridgehead atoms. The van der Waals surface area contributed by atoms with Crippen molar-refractivity contribution in [1.29, 1.82) is 0 Å². The number of fused-ring (bicyclic) bond motifs is 2. The molecule has 4 aliphatic heterocycles. The first-order valence-electron chi connectivity index (χ1n) is 12.3. The van der Waals surface area contributed by atoms with Crippen LogP contribution in [-0.4, -0.2) is 84.9 Å². The summed E-state index contributed by atoms with van der Waals surface area (Å²) in [5.41, 5.74) is 1.92. The number of hydrogen-bond acceptors (Lipinski definition) is 11. The maximum atomic E-state index is 10.3. The molecule has 0 radical (unpaired) electrons. The van der Waals surface area contributed by atoms with Crippen molar-refractivity contribution in [3.05, 3.63) is 47.5 Å². The Hall–Kier alpha value is -2.64. The molecule has 0 spiro atoms. The van der Waals surface area contributed by atoms with Crippen LogP contribution in [0.25, 0.3) is 0 Å². The highest BCUT2D eigenvalue weighted by Crippen LogP contribution is 2.52. The normalized spacial score (nSPS) is 36.4. The molecule has 4 N–H and O–H groups in total. The monoisotopic (exact) mass is 518 g/mol. The third-order valence-corrected chi connectivity index (χ3v) is 7.60. The molecule has 11 heteroatoms. The molecule has 2 aromatic carbocycles. The molecule has 0 amide bonds. The maximum Gasteiger partial charge on any atom is 0.231 e. The SMILES string of the molecule is COc1cc([C@H]2OC[C@H]3[C@@H]2CO[C@@H]3c2ccc3c(c2)OCO3)ccc1O[C@@H]1O[C@H](CO)[C@@H](O)[C@H](O)[C@H]1O. The molecule has 2 aromatic rings. The van der Waals surface area contributed by atoms with E-state index in [0.717, 1.165) is 22.6 Å². The predicted molar refractivity (Wildman–Crippen MR) is 124 cm³/mol. The van der Waals surface area contributed by atoms with E-state index in [1.54, 1.807) is 12.1 Å². The Morgan fingerprint density at radius 2 is 1.49 bits per heavy atom. The molecule has 37 heavy (non-hydrogen) atoms. The van der Waals surface area contributed by atoms with Crippen LogP contribution in [0, 0.1) is 11.8 Å². The molecular weight excluding hydrogens is 488 g/mol. The quantitative estimate of drug-likeness (QED) is 0.428. The van der Waals surface area contributed by atoms with Crippen molar-refractivity contribution in [2.24, 2.45) is 11.8 Å². The van der Waals surface area contributed by atoms with E-state index in [-0.39, 0.29) is 36.6 Å². The molecule has 0 aromatic heterocycles. The van der Waals surface area contributed by atoms with E-state index in [9.17, 15) is 20.4 Å². The summed E-state index contributed by atoms with van der Waals surface area (Å²) in [5.74, 6) is 2.41. The Kier molecular flexibility index (Phi) is 6.61. The third-order valence-electron chi connectivity index (χ3n) is 7.60. The molecule has 200 valence electrons. The Balaban J connectivity index is 1.18. The first kappa shape index (κ1) is 24.7. The number of hydrogen-bond donors (Lipinski definition) is 4. The van der Waals surface area contributed by atoms with E-state index in [1.165, 1.54) is 7.11 Å². The van der Waals surface area contributed by atoms with Crippen LogP contribution in [0.3, 0.4) is 0 Å². The fraction of sp³-hybridized carbons (Fsp3) is 0.538. The van der Waals surface area contributed by atoms with Crippen molar-refractivity contribution in [2.75, 3.05) is 33.7 Å². The van der Waals surface area contributed by atoms with Gasteiger partial charge in [-0.2, -0.15) is 0 Å². The van der Waals surface area contributed by atoms with Gasteiger partial charge in [0.25, 0.3) is 0 Å². The molecule has 0 aliphatic carbocycles. The smallest absolute Gasteiger partial charge is 0.231 e. The second kappa shape index (κ2) is 9.91. The van der Waals surface area contributed by atoms with Crippen LogP contribution in [0.1, 0.15) is 23.3 Å². The van der Waals surface area contributed by atoms with E-state index in [1.807, 2.05) is 24.3 Å². The summed E-state index contributed by atoms with van der Waals surface area (Å²) < 4.78 is 40.2. The zero-order valence-electron chi connectivity index (χ0n) is 20.1. The van der Waals surface area contributed by atoms with E-state index in [0.29, 0.717) is 19.0 Å². The van der Waals surface area contributed by atoms with Crippen LogP contribution < -0.4 is 18.9 Å². The van der Waals surface area contributed by atoms with Gasteiger partial charge in [0.15, 0.2) is 23.0 Å². The lowest BCUT2D eigenvalue weighted by Crippen LogP contribution is -2.60. The fourth-order valence-corrected chi connectivity index (χ4v) is 5.57. The number of rotatable bonds is 6.